The highest BCUT2D eigenvalue weighted by Crippen LogP contribution is 2.32. The van der Waals surface area contributed by atoms with Crippen LogP contribution in [0.5, 0.6) is 0 Å². The number of rotatable bonds is 2. The summed E-state index contributed by atoms with van der Waals surface area (Å²) in [6.45, 7) is 1.90. The van der Waals surface area contributed by atoms with E-state index < -0.39 is 0 Å². The van der Waals surface area contributed by atoms with Gasteiger partial charge in [-0.1, -0.05) is 48.5 Å². The van der Waals surface area contributed by atoms with Crippen molar-refractivity contribution in [2.45, 2.75) is 31.3 Å². The number of nitrogens with zero attached hydrogens (tertiary/aromatic N) is 2. The molecule has 2 aromatic carbocycles. The van der Waals surface area contributed by atoms with Gasteiger partial charge in [-0.15, -0.1) is 24.8 Å². The second kappa shape index (κ2) is 9.12. The van der Waals surface area contributed by atoms with E-state index in [4.69, 9.17) is 4.98 Å². The smallest absolute Gasteiger partial charge is 0.255 e. The Morgan fingerprint density at radius 3 is 2.48 bits per heavy atom. The minimum Gasteiger partial charge on any atom is -0.331 e. The Morgan fingerprint density at radius 1 is 0.931 bits per heavy atom. The van der Waals surface area contributed by atoms with E-state index in [0.717, 1.165) is 60.1 Å². The molecule has 2 unspecified atom stereocenters. The Kier molecular flexibility index (Phi) is 6.78. The number of benzene rings is 2. The first-order valence-corrected chi connectivity index (χ1v) is 9.80. The average Bonchev–Trinajstić information content (AvgIpc) is 2.99. The quantitative estimate of drug-likeness (QED) is 0.641. The average molecular weight is 430 g/mol. The molecule has 0 radical (unpaired) electrons. The molecule has 3 heterocycles. The zero-order chi connectivity index (χ0) is 18.2. The normalized spacial score (nSPS) is 20.5. The van der Waals surface area contributed by atoms with E-state index in [0.29, 0.717) is 12.1 Å². The molecule has 1 amide bonds. The van der Waals surface area contributed by atoms with Crippen LogP contribution >= 0.6 is 24.8 Å². The van der Waals surface area contributed by atoms with Crippen molar-refractivity contribution in [2.75, 3.05) is 13.1 Å². The summed E-state index contributed by atoms with van der Waals surface area (Å²) in [5.74, 6) is 0.155. The van der Waals surface area contributed by atoms with Crippen LogP contribution in [0.1, 0.15) is 29.6 Å². The molecular weight excluding hydrogens is 405 g/mol. The lowest BCUT2D eigenvalue weighted by Crippen LogP contribution is -2.42. The fourth-order valence-electron chi connectivity index (χ4n) is 4.56. The minimum absolute atomic E-state index is 0. The molecule has 152 valence electrons. The van der Waals surface area contributed by atoms with Crippen LogP contribution in [-0.4, -0.2) is 41.0 Å². The van der Waals surface area contributed by atoms with E-state index in [9.17, 15) is 4.79 Å². The highest BCUT2D eigenvalue weighted by molar-refractivity contribution is 6.07. The van der Waals surface area contributed by atoms with Crippen LogP contribution in [0.2, 0.25) is 0 Å². The number of hydrogen-bond donors (Lipinski definition) is 1. The molecule has 1 aromatic heterocycles. The van der Waals surface area contributed by atoms with Gasteiger partial charge in [0, 0.05) is 29.6 Å². The van der Waals surface area contributed by atoms with Crippen LogP contribution < -0.4 is 5.32 Å². The number of carbonyl (C=O) groups is 1. The predicted octanol–water partition coefficient (Wildman–Crippen LogP) is 4.71. The van der Waals surface area contributed by atoms with Crippen molar-refractivity contribution in [1.82, 2.24) is 15.2 Å². The molecule has 2 atom stereocenters. The molecule has 0 saturated carbocycles. The number of aromatic nitrogens is 1. The standard InChI is InChI=1S/C23H23N3O.2ClH/c27-23(26-17-10-11-18(26)15-24-13-12-17)20-14-22(16-6-2-1-3-7-16)25-21-9-5-4-8-19(20)21;;/h1-9,14,17-18,24H,10-13,15H2;2*1H. The van der Waals surface area contributed by atoms with Gasteiger partial charge in [-0.05, 0) is 37.9 Å². The zero-order valence-electron chi connectivity index (χ0n) is 16.1. The topological polar surface area (TPSA) is 45.2 Å². The van der Waals surface area contributed by atoms with Gasteiger partial charge < -0.3 is 10.2 Å². The third kappa shape index (κ3) is 3.97. The van der Waals surface area contributed by atoms with E-state index >= 15 is 0 Å². The fourth-order valence-corrected chi connectivity index (χ4v) is 4.56. The van der Waals surface area contributed by atoms with Crippen LogP contribution in [0.15, 0.2) is 60.7 Å². The van der Waals surface area contributed by atoms with E-state index in [2.05, 4.69) is 10.2 Å². The largest absolute Gasteiger partial charge is 0.331 e. The van der Waals surface area contributed by atoms with E-state index in [1.165, 1.54) is 0 Å². The van der Waals surface area contributed by atoms with Crippen molar-refractivity contribution in [1.29, 1.82) is 0 Å². The summed E-state index contributed by atoms with van der Waals surface area (Å²) in [6, 6.07) is 20.7. The highest BCUT2D eigenvalue weighted by atomic mass is 35.5. The number of amides is 1. The molecule has 2 aliphatic rings. The molecule has 0 spiro atoms. The molecule has 6 heteroatoms. The van der Waals surface area contributed by atoms with Crippen LogP contribution in [-0.2, 0) is 0 Å². The first-order valence-electron chi connectivity index (χ1n) is 9.80. The lowest BCUT2D eigenvalue weighted by Gasteiger charge is -2.28. The Labute approximate surface area is 183 Å². The van der Waals surface area contributed by atoms with E-state index in [1.54, 1.807) is 0 Å². The van der Waals surface area contributed by atoms with Gasteiger partial charge in [0.05, 0.1) is 16.8 Å². The Morgan fingerprint density at radius 2 is 1.66 bits per heavy atom. The fraction of sp³-hybridized carbons (Fsp3) is 0.304. The maximum atomic E-state index is 13.7. The molecule has 2 aliphatic heterocycles. The van der Waals surface area contributed by atoms with Crippen LogP contribution in [0, 0.1) is 0 Å². The lowest BCUT2D eigenvalue weighted by atomic mass is 10.0. The maximum Gasteiger partial charge on any atom is 0.255 e. The molecule has 2 saturated heterocycles. The van der Waals surface area contributed by atoms with Gasteiger partial charge in [0.1, 0.15) is 0 Å². The highest BCUT2D eigenvalue weighted by Gasteiger charge is 2.38. The van der Waals surface area contributed by atoms with Gasteiger partial charge in [-0.25, -0.2) is 4.98 Å². The SMILES string of the molecule is Cl.Cl.O=C(c1cc(-c2ccccc2)nc2ccccc12)N1C2CCNCC1CC2. The van der Waals surface area contributed by atoms with Crippen LogP contribution in [0.3, 0.4) is 0 Å². The number of nitrogens with one attached hydrogen (secondary N) is 1. The number of fused-ring (bicyclic) bond motifs is 3. The molecule has 0 aliphatic carbocycles. The van der Waals surface area contributed by atoms with Crippen molar-refractivity contribution in [3.63, 3.8) is 0 Å². The van der Waals surface area contributed by atoms with Gasteiger partial charge >= 0.3 is 0 Å². The molecular formula is C23H25Cl2N3O. The summed E-state index contributed by atoms with van der Waals surface area (Å²) in [4.78, 5) is 20.7. The second-order valence-electron chi connectivity index (χ2n) is 7.53. The summed E-state index contributed by atoms with van der Waals surface area (Å²) in [7, 11) is 0. The number of carbonyl (C=O) groups excluding carboxylic acids is 1. The van der Waals surface area contributed by atoms with E-state index in [-0.39, 0.29) is 30.7 Å². The Hall–Kier alpha value is -2.14. The van der Waals surface area contributed by atoms with Gasteiger partial charge in [-0.2, -0.15) is 0 Å². The van der Waals surface area contributed by atoms with Crippen molar-refractivity contribution < 1.29 is 4.79 Å². The van der Waals surface area contributed by atoms with E-state index in [1.807, 2.05) is 60.7 Å². The third-order valence-electron chi connectivity index (χ3n) is 5.90. The van der Waals surface area contributed by atoms with Gasteiger partial charge in [0.25, 0.3) is 5.91 Å². The van der Waals surface area contributed by atoms with Gasteiger partial charge in [0.2, 0.25) is 0 Å². The minimum atomic E-state index is 0. The zero-order valence-corrected chi connectivity index (χ0v) is 17.7. The van der Waals surface area contributed by atoms with Gasteiger partial charge in [0.15, 0.2) is 0 Å². The third-order valence-corrected chi connectivity index (χ3v) is 5.90. The summed E-state index contributed by atoms with van der Waals surface area (Å²) < 4.78 is 0. The predicted molar refractivity (Wildman–Crippen MR) is 122 cm³/mol. The van der Waals surface area contributed by atoms with Crippen molar-refractivity contribution >= 4 is 41.6 Å². The maximum absolute atomic E-state index is 13.7. The molecule has 1 N–H and O–H groups in total. The molecule has 5 rings (SSSR count). The molecule has 29 heavy (non-hydrogen) atoms. The first kappa shape index (κ1) is 21.6. The molecule has 2 fully saturated rings. The monoisotopic (exact) mass is 429 g/mol. The number of para-hydroxylation sites is 1. The molecule has 2 bridgehead atoms. The summed E-state index contributed by atoms with van der Waals surface area (Å²) >= 11 is 0. The van der Waals surface area contributed by atoms with Crippen LogP contribution in [0.4, 0.5) is 0 Å². The summed E-state index contributed by atoms with van der Waals surface area (Å²) in [5, 5.41) is 4.43. The Bertz CT molecular complexity index is 982. The van der Waals surface area contributed by atoms with Crippen molar-refractivity contribution in [3.05, 3.63) is 66.2 Å². The lowest BCUT2D eigenvalue weighted by molar-refractivity contribution is 0.0682. The molecule has 4 nitrogen and oxygen atoms in total. The van der Waals surface area contributed by atoms with Gasteiger partial charge in [-0.3, -0.25) is 4.79 Å². The Balaban J connectivity index is 0.00000120. The first-order chi connectivity index (χ1) is 13.3. The van der Waals surface area contributed by atoms with Crippen molar-refractivity contribution in [3.8, 4) is 11.3 Å². The second-order valence-corrected chi connectivity index (χ2v) is 7.53. The summed E-state index contributed by atoms with van der Waals surface area (Å²) in [5.41, 5.74) is 3.55. The number of pyridine rings is 1. The van der Waals surface area contributed by atoms with Crippen LogP contribution in [0.25, 0.3) is 22.2 Å². The molecule has 3 aromatic rings. The number of halogens is 2. The number of hydrogen-bond acceptors (Lipinski definition) is 3. The summed E-state index contributed by atoms with van der Waals surface area (Å²) in [6.07, 6.45) is 3.25. The van der Waals surface area contributed by atoms with Crippen molar-refractivity contribution in [2.24, 2.45) is 0 Å².